The lowest BCUT2D eigenvalue weighted by molar-refractivity contribution is 0.0940. The van der Waals surface area contributed by atoms with E-state index < -0.39 is 9.05 Å². The molecule has 19 heavy (non-hydrogen) atoms. The number of nitrogens with one attached hydrogen (secondary N) is 1. The summed E-state index contributed by atoms with van der Waals surface area (Å²) in [5.74, 6) is 2.16. The maximum atomic E-state index is 11.9. The van der Waals surface area contributed by atoms with Crippen molar-refractivity contribution in [2.24, 2.45) is 0 Å². The predicted molar refractivity (Wildman–Crippen MR) is 74.6 cm³/mol. The van der Waals surface area contributed by atoms with Gasteiger partial charge in [0, 0.05) is 28.7 Å². The summed E-state index contributed by atoms with van der Waals surface area (Å²) in [7, 11) is 1.45. The van der Waals surface area contributed by atoms with Crippen LogP contribution in [0.2, 0.25) is 0 Å². The second kappa shape index (κ2) is 6.09. The molecule has 1 aromatic carbocycles. The first-order valence-corrected chi connectivity index (χ1v) is 7.86. The number of carbonyl (C=O) groups excluding carboxylic acids is 1. The van der Waals surface area contributed by atoms with Crippen LogP contribution in [-0.4, -0.2) is 20.4 Å². The van der Waals surface area contributed by atoms with Gasteiger partial charge in [-0.2, -0.15) is 0 Å². The van der Waals surface area contributed by atoms with Crippen molar-refractivity contribution in [2.75, 3.05) is 0 Å². The van der Waals surface area contributed by atoms with Crippen molar-refractivity contribution in [1.82, 2.24) is 5.32 Å². The first-order valence-electron chi connectivity index (χ1n) is 5.55. The molecule has 0 spiro atoms. The molecule has 1 unspecified atom stereocenters. The Balaban J connectivity index is 2.98. The summed E-state index contributed by atoms with van der Waals surface area (Å²) in [5, 5.41) is 2.73. The van der Waals surface area contributed by atoms with Crippen molar-refractivity contribution >= 4 is 25.6 Å². The lowest BCUT2D eigenvalue weighted by atomic mass is 10.1. The smallest absolute Gasteiger partial charge is 0.261 e. The maximum Gasteiger partial charge on any atom is 0.261 e. The van der Waals surface area contributed by atoms with Crippen molar-refractivity contribution in [1.29, 1.82) is 0 Å². The maximum absolute atomic E-state index is 11.9. The lowest BCUT2D eigenvalue weighted by Gasteiger charge is -2.12. The normalized spacial score (nSPS) is 12.5. The Morgan fingerprint density at radius 3 is 2.63 bits per heavy atom. The Kier molecular flexibility index (Phi) is 4.98. The van der Waals surface area contributed by atoms with E-state index in [2.05, 4.69) is 11.2 Å². The van der Waals surface area contributed by atoms with E-state index in [0.29, 0.717) is 17.5 Å². The monoisotopic (exact) mass is 299 g/mol. The number of aryl methyl sites for hydroxylation is 1. The molecule has 0 aromatic heterocycles. The number of benzene rings is 1. The molecular weight excluding hydrogens is 286 g/mol. The number of hydrogen-bond donors (Lipinski definition) is 1. The summed E-state index contributed by atoms with van der Waals surface area (Å²) in [5.41, 5.74) is 0.931. The van der Waals surface area contributed by atoms with Crippen LogP contribution in [-0.2, 0) is 9.05 Å². The minimum absolute atomic E-state index is 0.0279. The predicted octanol–water partition coefficient (Wildman–Crippen LogP) is 2.06. The third kappa shape index (κ3) is 4.27. The summed E-state index contributed by atoms with van der Waals surface area (Å²) in [6.07, 6.45) is 5.59. The van der Waals surface area contributed by atoms with Crippen molar-refractivity contribution in [2.45, 2.75) is 31.2 Å². The highest BCUT2D eigenvalue weighted by atomic mass is 35.7. The first kappa shape index (κ1) is 15.5. The number of rotatable bonds is 4. The number of amides is 1. The topological polar surface area (TPSA) is 63.2 Å². The second-order valence-corrected chi connectivity index (χ2v) is 6.76. The fourth-order valence-corrected chi connectivity index (χ4v) is 2.41. The van der Waals surface area contributed by atoms with Crippen LogP contribution < -0.4 is 5.32 Å². The molecule has 0 aliphatic heterocycles. The van der Waals surface area contributed by atoms with E-state index in [1.807, 2.05) is 0 Å². The number of carbonyl (C=O) groups is 1. The van der Waals surface area contributed by atoms with Crippen molar-refractivity contribution < 1.29 is 13.2 Å². The molecule has 1 atom stereocenters. The minimum atomic E-state index is -3.79. The van der Waals surface area contributed by atoms with Gasteiger partial charge < -0.3 is 5.32 Å². The summed E-state index contributed by atoms with van der Waals surface area (Å²) >= 11 is 0. The zero-order valence-corrected chi connectivity index (χ0v) is 12.2. The van der Waals surface area contributed by atoms with Gasteiger partial charge in [-0.05, 0) is 37.6 Å². The third-order valence-electron chi connectivity index (χ3n) is 2.53. The summed E-state index contributed by atoms with van der Waals surface area (Å²) in [6.45, 7) is 3.44. The van der Waals surface area contributed by atoms with Crippen LogP contribution in [0.15, 0.2) is 23.1 Å². The van der Waals surface area contributed by atoms with Gasteiger partial charge in [0.15, 0.2) is 0 Å². The van der Waals surface area contributed by atoms with E-state index in [4.69, 9.17) is 17.1 Å². The fraction of sp³-hybridized carbons (Fsp3) is 0.308. The highest BCUT2D eigenvalue weighted by Gasteiger charge is 2.15. The number of terminal acetylenes is 1. The molecule has 0 radical (unpaired) electrons. The summed E-state index contributed by atoms with van der Waals surface area (Å²) < 4.78 is 22.3. The summed E-state index contributed by atoms with van der Waals surface area (Å²) in [4.78, 5) is 11.9. The molecule has 6 heteroatoms. The second-order valence-electron chi connectivity index (χ2n) is 4.20. The average molecular weight is 300 g/mol. The van der Waals surface area contributed by atoms with Crippen LogP contribution in [0.25, 0.3) is 0 Å². The van der Waals surface area contributed by atoms with Gasteiger partial charge in [0.25, 0.3) is 15.0 Å². The molecule has 1 rings (SSSR count). The van der Waals surface area contributed by atoms with Gasteiger partial charge in [-0.25, -0.2) is 8.42 Å². The first-order chi connectivity index (χ1) is 8.75. The molecule has 0 heterocycles. The molecule has 0 saturated heterocycles. The van der Waals surface area contributed by atoms with Gasteiger partial charge in [0.2, 0.25) is 0 Å². The third-order valence-corrected chi connectivity index (χ3v) is 3.88. The Morgan fingerprint density at radius 1 is 1.53 bits per heavy atom. The highest BCUT2D eigenvalue weighted by Crippen LogP contribution is 2.19. The van der Waals surface area contributed by atoms with Crippen LogP contribution in [0.4, 0.5) is 0 Å². The van der Waals surface area contributed by atoms with E-state index in [9.17, 15) is 13.2 Å². The molecule has 4 nitrogen and oxygen atoms in total. The number of hydrogen-bond acceptors (Lipinski definition) is 3. The van der Waals surface area contributed by atoms with Crippen LogP contribution in [0, 0.1) is 19.3 Å². The van der Waals surface area contributed by atoms with E-state index in [0.717, 1.165) is 0 Å². The van der Waals surface area contributed by atoms with Gasteiger partial charge in [-0.1, -0.05) is 0 Å². The molecule has 0 saturated carbocycles. The lowest BCUT2D eigenvalue weighted by Crippen LogP contribution is -2.32. The quantitative estimate of drug-likeness (QED) is 0.684. The van der Waals surface area contributed by atoms with Gasteiger partial charge in [-0.15, -0.1) is 12.3 Å². The Morgan fingerprint density at radius 2 is 2.16 bits per heavy atom. The Bertz CT molecular complexity index is 632. The molecule has 0 aliphatic carbocycles. The van der Waals surface area contributed by atoms with Crippen LogP contribution in [0.5, 0.6) is 0 Å². The molecule has 1 aromatic rings. The van der Waals surface area contributed by atoms with Crippen molar-refractivity contribution in [3.63, 3.8) is 0 Å². The molecule has 1 N–H and O–H groups in total. The Hall–Kier alpha value is -1.51. The van der Waals surface area contributed by atoms with E-state index >= 15 is 0 Å². The van der Waals surface area contributed by atoms with Gasteiger partial charge >= 0.3 is 0 Å². The van der Waals surface area contributed by atoms with Crippen molar-refractivity contribution in [3.05, 3.63) is 29.3 Å². The average Bonchev–Trinajstić information content (AvgIpc) is 2.27. The zero-order valence-electron chi connectivity index (χ0n) is 10.6. The number of halogens is 1. The van der Waals surface area contributed by atoms with Crippen molar-refractivity contribution in [3.8, 4) is 12.3 Å². The van der Waals surface area contributed by atoms with E-state index in [1.54, 1.807) is 13.8 Å². The summed E-state index contributed by atoms with van der Waals surface area (Å²) in [6, 6.07) is 3.95. The van der Waals surface area contributed by atoms with E-state index in [1.165, 1.54) is 18.2 Å². The van der Waals surface area contributed by atoms with Crippen LogP contribution in [0.3, 0.4) is 0 Å². The molecule has 1 amide bonds. The van der Waals surface area contributed by atoms with Gasteiger partial charge in [0.05, 0.1) is 4.90 Å². The van der Waals surface area contributed by atoms with Gasteiger partial charge in [-0.3, -0.25) is 4.79 Å². The van der Waals surface area contributed by atoms with E-state index in [-0.39, 0.29) is 16.8 Å². The fourth-order valence-electron chi connectivity index (χ4n) is 1.57. The largest absolute Gasteiger partial charge is 0.349 e. The minimum Gasteiger partial charge on any atom is -0.349 e. The zero-order chi connectivity index (χ0) is 14.6. The van der Waals surface area contributed by atoms with Gasteiger partial charge in [0.1, 0.15) is 0 Å². The Labute approximate surface area is 117 Å². The SMILES string of the molecule is C#CCC(C)NC(=O)c1ccc(S(=O)(=O)Cl)cc1C. The standard InChI is InChI=1S/C13H14ClNO3S/c1-4-5-10(3)15-13(16)12-7-6-11(8-9(12)2)19(14,17)18/h1,6-8,10H,5H2,2-3H3,(H,15,16). The highest BCUT2D eigenvalue weighted by molar-refractivity contribution is 8.13. The molecule has 0 aliphatic rings. The molecular formula is C13H14ClNO3S. The van der Waals surface area contributed by atoms with Crippen LogP contribution >= 0.6 is 10.7 Å². The molecule has 0 bridgehead atoms. The molecule has 0 fully saturated rings. The molecule has 102 valence electrons. The van der Waals surface area contributed by atoms with Crippen LogP contribution in [0.1, 0.15) is 29.3 Å².